The van der Waals surface area contributed by atoms with Gasteiger partial charge in [0.25, 0.3) is 11.6 Å². The average molecular weight is 435 g/mol. The molecule has 0 N–H and O–H groups in total. The summed E-state index contributed by atoms with van der Waals surface area (Å²) < 4.78 is 31.4. The van der Waals surface area contributed by atoms with Crippen molar-refractivity contribution in [3.8, 4) is 0 Å². The lowest BCUT2D eigenvalue weighted by Gasteiger charge is -2.05. The van der Waals surface area contributed by atoms with E-state index in [1.807, 2.05) is 0 Å². The van der Waals surface area contributed by atoms with Crippen LogP contribution in [0.1, 0.15) is 10.4 Å². The quantitative estimate of drug-likeness (QED) is 0.433. The molecule has 11 heteroatoms. The van der Waals surface area contributed by atoms with Crippen molar-refractivity contribution in [3.05, 3.63) is 62.9 Å². The fraction of sp³-hybridized carbons (Fsp3) is 0.222. The van der Waals surface area contributed by atoms with Crippen molar-refractivity contribution in [2.24, 2.45) is 4.99 Å². The highest BCUT2D eigenvalue weighted by molar-refractivity contribution is 7.90. The van der Waals surface area contributed by atoms with Gasteiger partial charge in [0.15, 0.2) is 14.6 Å². The summed E-state index contributed by atoms with van der Waals surface area (Å²) in [5.41, 5.74) is 0.565. The number of nitro benzene ring substituents is 1. The second-order valence-electron chi connectivity index (χ2n) is 6.12. The van der Waals surface area contributed by atoms with Crippen LogP contribution < -0.4 is 4.80 Å². The maximum Gasteiger partial charge on any atom is 0.280 e. The zero-order valence-electron chi connectivity index (χ0n) is 15.6. The van der Waals surface area contributed by atoms with Crippen molar-refractivity contribution in [3.63, 3.8) is 0 Å². The lowest BCUT2D eigenvalue weighted by molar-refractivity contribution is -0.384. The molecule has 0 unspecified atom stereocenters. The predicted octanol–water partition coefficient (Wildman–Crippen LogP) is 2.40. The number of aromatic nitrogens is 1. The minimum atomic E-state index is -3.61. The zero-order valence-corrected chi connectivity index (χ0v) is 17.2. The van der Waals surface area contributed by atoms with Crippen LogP contribution in [0.3, 0.4) is 0 Å². The molecule has 3 aromatic rings. The molecular weight excluding hydrogens is 418 g/mol. The van der Waals surface area contributed by atoms with Crippen molar-refractivity contribution < 1.29 is 22.9 Å². The zero-order chi connectivity index (χ0) is 21.2. The Hall–Kier alpha value is -2.89. The molecule has 9 nitrogen and oxygen atoms in total. The molecule has 0 aliphatic carbocycles. The van der Waals surface area contributed by atoms with E-state index in [9.17, 15) is 23.3 Å². The number of nitro groups is 1. The van der Waals surface area contributed by atoms with E-state index in [0.717, 1.165) is 17.6 Å². The van der Waals surface area contributed by atoms with Crippen molar-refractivity contribution in [2.75, 3.05) is 20.0 Å². The Labute approximate surface area is 170 Å². The molecule has 0 aliphatic heterocycles. The average Bonchev–Trinajstić information content (AvgIpc) is 3.01. The monoisotopic (exact) mass is 435 g/mol. The highest BCUT2D eigenvalue weighted by atomic mass is 32.2. The number of carbonyl (C=O) groups excluding carboxylic acids is 1. The van der Waals surface area contributed by atoms with E-state index >= 15 is 0 Å². The van der Waals surface area contributed by atoms with E-state index in [2.05, 4.69) is 4.99 Å². The van der Waals surface area contributed by atoms with Crippen LogP contribution in [0.25, 0.3) is 10.2 Å². The summed E-state index contributed by atoms with van der Waals surface area (Å²) in [5.74, 6) is -0.710. The molecule has 1 heterocycles. The van der Waals surface area contributed by atoms with Gasteiger partial charge in [-0.15, -0.1) is 0 Å². The number of hydrogen-bond acceptors (Lipinski definition) is 7. The highest BCUT2D eigenvalue weighted by Crippen LogP contribution is 2.23. The Bertz CT molecular complexity index is 1270. The second kappa shape index (κ2) is 8.23. The van der Waals surface area contributed by atoms with Gasteiger partial charge in [0, 0.05) is 32.0 Å². The van der Waals surface area contributed by atoms with Crippen molar-refractivity contribution >= 4 is 43.0 Å². The number of carbonyl (C=O) groups is 1. The molecule has 152 valence electrons. The third kappa shape index (κ3) is 4.42. The van der Waals surface area contributed by atoms with Gasteiger partial charge in [-0.25, -0.2) is 8.42 Å². The molecule has 0 spiro atoms. The van der Waals surface area contributed by atoms with Crippen LogP contribution in [0.2, 0.25) is 0 Å². The number of rotatable bonds is 6. The van der Waals surface area contributed by atoms with Crippen LogP contribution in [-0.2, 0) is 21.1 Å². The van der Waals surface area contributed by atoms with Crippen LogP contribution >= 0.6 is 11.3 Å². The standard InChI is InChI=1S/C18H17N3O6S2/c1-27-10-9-20-14-8-7-12(21(23)24)11-15(14)28-18(20)19-17(22)13-5-3-4-6-16(13)29(2,25)26/h3-8,11H,9-10H2,1-2H3. The van der Waals surface area contributed by atoms with Crippen molar-refractivity contribution in [1.82, 2.24) is 4.57 Å². The van der Waals surface area contributed by atoms with Crippen molar-refractivity contribution in [2.45, 2.75) is 11.4 Å². The number of sulfone groups is 1. The molecule has 0 radical (unpaired) electrons. The number of hydrogen-bond donors (Lipinski definition) is 0. The predicted molar refractivity (Wildman–Crippen MR) is 108 cm³/mol. The van der Waals surface area contributed by atoms with Gasteiger partial charge in [0.05, 0.1) is 32.2 Å². The van der Waals surface area contributed by atoms with Gasteiger partial charge >= 0.3 is 0 Å². The minimum absolute atomic E-state index is 0.0308. The van der Waals surface area contributed by atoms with E-state index in [-0.39, 0.29) is 16.1 Å². The summed E-state index contributed by atoms with van der Waals surface area (Å²) in [6.45, 7) is 0.707. The van der Waals surface area contributed by atoms with E-state index in [0.29, 0.717) is 28.2 Å². The molecule has 0 bridgehead atoms. The Balaban J connectivity index is 2.19. The Morgan fingerprint density at radius 3 is 2.66 bits per heavy atom. The third-order valence-corrected chi connectivity index (χ3v) is 6.31. The summed E-state index contributed by atoms with van der Waals surface area (Å²) in [6, 6.07) is 10.2. The molecule has 3 rings (SSSR count). The highest BCUT2D eigenvalue weighted by Gasteiger charge is 2.19. The lowest BCUT2D eigenvalue weighted by atomic mass is 10.2. The molecule has 29 heavy (non-hydrogen) atoms. The number of fused-ring (bicyclic) bond motifs is 1. The molecule has 0 saturated heterocycles. The van der Waals surface area contributed by atoms with Crippen molar-refractivity contribution in [1.29, 1.82) is 0 Å². The van der Waals surface area contributed by atoms with Crippen LogP contribution in [0, 0.1) is 10.1 Å². The van der Waals surface area contributed by atoms with E-state index < -0.39 is 20.7 Å². The number of benzene rings is 2. The van der Waals surface area contributed by atoms with Gasteiger partial charge in [-0.1, -0.05) is 23.5 Å². The topological polar surface area (TPSA) is 121 Å². The number of amides is 1. The Morgan fingerprint density at radius 2 is 2.00 bits per heavy atom. The first-order valence-corrected chi connectivity index (χ1v) is 11.1. The molecule has 0 aliphatic rings. The molecular formula is C18H17N3O6S2. The number of nitrogens with zero attached hydrogens (tertiary/aromatic N) is 3. The number of methoxy groups -OCH3 is 1. The third-order valence-electron chi connectivity index (χ3n) is 4.11. The summed E-state index contributed by atoms with van der Waals surface area (Å²) in [5, 5.41) is 11.1. The van der Waals surface area contributed by atoms with Crippen LogP contribution in [-0.4, -0.2) is 43.8 Å². The molecule has 1 aromatic heterocycles. The number of thiazole rings is 1. The van der Waals surface area contributed by atoms with Gasteiger partial charge in [-0.3, -0.25) is 14.9 Å². The summed E-state index contributed by atoms with van der Waals surface area (Å²) in [4.78, 5) is 27.7. The first-order chi connectivity index (χ1) is 13.7. The maximum atomic E-state index is 12.8. The van der Waals surface area contributed by atoms with Gasteiger partial charge in [0.1, 0.15) is 0 Å². The van der Waals surface area contributed by atoms with Crippen LogP contribution in [0.4, 0.5) is 5.69 Å². The summed E-state index contributed by atoms with van der Waals surface area (Å²) in [7, 11) is -2.08. The summed E-state index contributed by atoms with van der Waals surface area (Å²) >= 11 is 1.11. The van der Waals surface area contributed by atoms with Crippen LogP contribution in [0.15, 0.2) is 52.4 Å². The summed E-state index contributed by atoms with van der Waals surface area (Å²) in [6.07, 6.45) is 1.02. The first-order valence-electron chi connectivity index (χ1n) is 8.37. The molecule has 0 saturated carbocycles. The van der Waals surface area contributed by atoms with Gasteiger partial charge in [-0.05, 0) is 18.2 Å². The van der Waals surface area contributed by atoms with E-state index in [1.165, 1.54) is 37.4 Å². The number of ether oxygens (including phenoxy) is 1. The lowest BCUT2D eigenvalue weighted by Crippen LogP contribution is -2.20. The molecule has 0 fully saturated rings. The largest absolute Gasteiger partial charge is 0.383 e. The van der Waals surface area contributed by atoms with E-state index in [1.54, 1.807) is 16.7 Å². The molecule has 1 amide bonds. The normalized spacial score (nSPS) is 12.4. The van der Waals surface area contributed by atoms with E-state index in [4.69, 9.17) is 4.74 Å². The fourth-order valence-electron chi connectivity index (χ4n) is 2.77. The molecule has 0 atom stereocenters. The second-order valence-corrected chi connectivity index (χ2v) is 9.12. The van der Waals surface area contributed by atoms with Gasteiger partial charge < -0.3 is 9.30 Å². The van der Waals surface area contributed by atoms with Gasteiger partial charge in [0.2, 0.25) is 0 Å². The SMILES string of the molecule is COCCn1c(=NC(=O)c2ccccc2S(C)(=O)=O)sc2cc([N+](=O)[O-])ccc21. The Morgan fingerprint density at radius 1 is 1.28 bits per heavy atom. The minimum Gasteiger partial charge on any atom is -0.383 e. The van der Waals surface area contributed by atoms with Gasteiger partial charge in [-0.2, -0.15) is 4.99 Å². The first kappa shape index (κ1) is 20.8. The fourth-order valence-corrected chi connectivity index (χ4v) is 4.74. The molecule has 2 aromatic carbocycles. The van der Waals surface area contributed by atoms with Crippen LogP contribution in [0.5, 0.6) is 0 Å². The smallest absolute Gasteiger partial charge is 0.280 e. The Kier molecular flexibility index (Phi) is 5.91. The number of non-ortho nitro benzene ring substituents is 1. The maximum absolute atomic E-state index is 12.8.